The van der Waals surface area contributed by atoms with Gasteiger partial charge < -0.3 is 5.32 Å². The van der Waals surface area contributed by atoms with Gasteiger partial charge in [0.15, 0.2) is 0 Å². The first kappa shape index (κ1) is 13.3. The van der Waals surface area contributed by atoms with Crippen molar-refractivity contribution in [3.05, 3.63) is 47.8 Å². The van der Waals surface area contributed by atoms with Gasteiger partial charge in [-0.15, -0.1) is 0 Å². The molecule has 0 atom stereocenters. The molecule has 7 nitrogen and oxygen atoms in total. The van der Waals surface area contributed by atoms with E-state index in [0.29, 0.717) is 12.5 Å². The standard InChI is InChI=1S/C14H17N7/c1-11-3-5-13(6-4-11)21-14(17-18-19-21)15-7-8-20-10-12(2)9-16-20/h3-6,9-10H,7-8H2,1-2H3,(H,15,17,19). The predicted molar refractivity (Wildman–Crippen MR) is 79.3 cm³/mol. The fraction of sp³-hybridized carbons (Fsp3) is 0.286. The minimum Gasteiger partial charge on any atom is -0.351 e. The molecule has 3 rings (SSSR count). The summed E-state index contributed by atoms with van der Waals surface area (Å²) < 4.78 is 3.58. The normalized spacial score (nSPS) is 10.8. The smallest absolute Gasteiger partial charge is 0.247 e. The van der Waals surface area contributed by atoms with Crippen LogP contribution in [0.15, 0.2) is 36.7 Å². The number of rotatable bonds is 5. The lowest BCUT2D eigenvalue weighted by molar-refractivity contribution is 0.634. The van der Waals surface area contributed by atoms with Crippen LogP contribution in [0.5, 0.6) is 0 Å². The second kappa shape index (κ2) is 5.74. The van der Waals surface area contributed by atoms with Crippen molar-refractivity contribution in [3.8, 4) is 5.69 Å². The average molecular weight is 283 g/mol. The highest BCUT2D eigenvalue weighted by Gasteiger charge is 2.07. The van der Waals surface area contributed by atoms with Crippen LogP contribution < -0.4 is 5.32 Å². The summed E-state index contributed by atoms with van der Waals surface area (Å²) in [5, 5.41) is 19.2. The predicted octanol–water partition coefficient (Wildman–Crippen LogP) is 1.59. The third-order valence-electron chi connectivity index (χ3n) is 3.13. The van der Waals surface area contributed by atoms with Gasteiger partial charge in [-0.2, -0.15) is 9.78 Å². The molecule has 0 aliphatic rings. The van der Waals surface area contributed by atoms with Crippen LogP contribution in [0.3, 0.4) is 0 Å². The Balaban J connectivity index is 1.66. The van der Waals surface area contributed by atoms with E-state index < -0.39 is 0 Å². The van der Waals surface area contributed by atoms with Gasteiger partial charge in [0, 0.05) is 12.7 Å². The fourth-order valence-electron chi connectivity index (χ4n) is 2.03. The molecule has 0 bridgehead atoms. The summed E-state index contributed by atoms with van der Waals surface area (Å²) in [7, 11) is 0. The largest absolute Gasteiger partial charge is 0.351 e. The molecule has 2 heterocycles. The van der Waals surface area contributed by atoms with Gasteiger partial charge in [0.05, 0.1) is 18.4 Å². The summed E-state index contributed by atoms with van der Waals surface area (Å²) in [6.07, 6.45) is 3.85. The lowest BCUT2D eigenvalue weighted by Gasteiger charge is -2.07. The Kier molecular flexibility index (Phi) is 3.63. The maximum absolute atomic E-state index is 4.24. The van der Waals surface area contributed by atoms with Gasteiger partial charge in [-0.25, -0.2) is 0 Å². The number of tetrazole rings is 1. The zero-order chi connectivity index (χ0) is 14.7. The first-order valence-corrected chi connectivity index (χ1v) is 6.81. The van der Waals surface area contributed by atoms with Crippen molar-refractivity contribution in [2.75, 3.05) is 11.9 Å². The van der Waals surface area contributed by atoms with Crippen molar-refractivity contribution in [3.63, 3.8) is 0 Å². The van der Waals surface area contributed by atoms with Crippen molar-refractivity contribution in [2.24, 2.45) is 0 Å². The van der Waals surface area contributed by atoms with E-state index in [2.05, 4.69) is 32.9 Å². The molecule has 0 unspecified atom stereocenters. The molecule has 1 N–H and O–H groups in total. The second-order valence-corrected chi connectivity index (χ2v) is 4.96. The summed E-state index contributed by atoms with van der Waals surface area (Å²) in [4.78, 5) is 0. The maximum atomic E-state index is 4.24. The molecule has 108 valence electrons. The van der Waals surface area contributed by atoms with E-state index in [4.69, 9.17) is 0 Å². The van der Waals surface area contributed by atoms with E-state index in [1.54, 1.807) is 4.68 Å². The average Bonchev–Trinajstić information content (AvgIpc) is 3.09. The Morgan fingerprint density at radius 2 is 1.90 bits per heavy atom. The van der Waals surface area contributed by atoms with Crippen molar-refractivity contribution < 1.29 is 0 Å². The molecule has 2 aromatic heterocycles. The zero-order valence-electron chi connectivity index (χ0n) is 12.1. The molecule has 0 aliphatic carbocycles. The number of aromatic nitrogens is 6. The van der Waals surface area contributed by atoms with Gasteiger partial charge in [-0.3, -0.25) is 4.68 Å². The van der Waals surface area contributed by atoms with Crippen LogP contribution in [0.1, 0.15) is 11.1 Å². The Hall–Kier alpha value is -2.70. The molecular weight excluding hydrogens is 266 g/mol. The molecule has 0 fully saturated rings. The van der Waals surface area contributed by atoms with Crippen molar-refractivity contribution >= 4 is 5.95 Å². The van der Waals surface area contributed by atoms with E-state index in [0.717, 1.165) is 17.8 Å². The van der Waals surface area contributed by atoms with Crippen LogP contribution in [0, 0.1) is 13.8 Å². The molecule has 0 radical (unpaired) electrons. The number of nitrogens with one attached hydrogen (secondary N) is 1. The minimum atomic E-state index is 0.628. The molecule has 1 aromatic carbocycles. The van der Waals surface area contributed by atoms with Crippen LogP contribution >= 0.6 is 0 Å². The highest BCUT2D eigenvalue weighted by atomic mass is 15.6. The topological polar surface area (TPSA) is 73.5 Å². The Morgan fingerprint density at radius 3 is 2.62 bits per heavy atom. The number of benzene rings is 1. The summed E-state index contributed by atoms with van der Waals surface area (Å²) in [5.74, 6) is 0.628. The summed E-state index contributed by atoms with van der Waals surface area (Å²) in [6.45, 7) is 5.53. The second-order valence-electron chi connectivity index (χ2n) is 4.96. The zero-order valence-corrected chi connectivity index (χ0v) is 12.1. The maximum Gasteiger partial charge on any atom is 0.247 e. The van der Waals surface area contributed by atoms with Crippen molar-refractivity contribution in [1.29, 1.82) is 0 Å². The monoisotopic (exact) mass is 283 g/mol. The van der Waals surface area contributed by atoms with Gasteiger partial charge in [-0.1, -0.05) is 22.8 Å². The molecule has 0 spiro atoms. The first-order chi connectivity index (χ1) is 10.2. The number of nitrogens with zero attached hydrogens (tertiary/aromatic N) is 6. The molecule has 21 heavy (non-hydrogen) atoms. The number of aryl methyl sites for hydroxylation is 2. The first-order valence-electron chi connectivity index (χ1n) is 6.81. The minimum absolute atomic E-state index is 0.628. The molecule has 7 heteroatoms. The lowest BCUT2D eigenvalue weighted by Crippen LogP contribution is -2.14. The SMILES string of the molecule is Cc1ccc(-n2nnnc2NCCn2cc(C)cn2)cc1. The van der Waals surface area contributed by atoms with Crippen molar-refractivity contribution in [1.82, 2.24) is 30.0 Å². The number of hydrogen-bond donors (Lipinski definition) is 1. The van der Waals surface area contributed by atoms with Crippen LogP contribution in [-0.4, -0.2) is 36.5 Å². The quantitative estimate of drug-likeness (QED) is 0.769. The third-order valence-corrected chi connectivity index (χ3v) is 3.13. The van der Waals surface area contributed by atoms with Crippen LogP contribution in [0.2, 0.25) is 0 Å². The molecule has 3 aromatic rings. The van der Waals surface area contributed by atoms with Gasteiger partial charge in [0.1, 0.15) is 0 Å². The van der Waals surface area contributed by atoms with Crippen LogP contribution in [-0.2, 0) is 6.54 Å². The van der Waals surface area contributed by atoms with Crippen molar-refractivity contribution in [2.45, 2.75) is 20.4 Å². The van der Waals surface area contributed by atoms with E-state index in [1.807, 2.05) is 48.3 Å². The highest BCUT2D eigenvalue weighted by Crippen LogP contribution is 2.12. The van der Waals surface area contributed by atoms with E-state index in [-0.39, 0.29) is 0 Å². The van der Waals surface area contributed by atoms with E-state index in [9.17, 15) is 0 Å². The van der Waals surface area contributed by atoms with Gasteiger partial charge >= 0.3 is 0 Å². The molecule has 0 amide bonds. The molecule has 0 saturated heterocycles. The highest BCUT2D eigenvalue weighted by molar-refractivity contribution is 5.39. The van der Waals surface area contributed by atoms with E-state index >= 15 is 0 Å². The summed E-state index contributed by atoms with van der Waals surface area (Å²) in [6, 6.07) is 8.06. The summed E-state index contributed by atoms with van der Waals surface area (Å²) >= 11 is 0. The van der Waals surface area contributed by atoms with Gasteiger partial charge in [-0.05, 0) is 42.0 Å². The number of hydrogen-bond acceptors (Lipinski definition) is 5. The van der Waals surface area contributed by atoms with Gasteiger partial charge in [0.25, 0.3) is 0 Å². The van der Waals surface area contributed by atoms with Gasteiger partial charge in [0.2, 0.25) is 5.95 Å². The lowest BCUT2D eigenvalue weighted by atomic mass is 10.2. The molecule has 0 aliphatic heterocycles. The Labute approximate surface area is 122 Å². The fourth-order valence-corrected chi connectivity index (χ4v) is 2.03. The molecule has 0 saturated carbocycles. The van der Waals surface area contributed by atoms with Crippen LogP contribution in [0.25, 0.3) is 5.69 Å². The Morgan fingerprint density at radius 1 is 1.10 bits per heavy atom. The third kappa shape index (κ3) is 3.07. The molecular formula is C14H17N7. The summed E-state index contributed by atoms with van der Waals surface area (Å²) in [5.41, 5.74) is 3.29. The Bertz CT molecular complexity index is 711. The number of anilines is 1. The van der Waals surface area contributed by atoms with E-state index in [1.165, 1.54) is 5.56 Å². The van der Waals surface area contributed by atoms with Crippen LogP contribution in [0.4, 0.5) is 5.95 Å².